The van der Waals surface area contributed by atoms with E-state index < -0.39 is 23.3 Å². The van der Waals surface area contributed by atoms with Crippen LogP contribution in [-0.4, -0.2) is 32.1 Å². The number of fused-ring (bicyclic) bond motifs is 1. The number of nitrogens with two attached hydrogens (primary N) is 1. The standard InChI is InChI=1S/C19H14Cl3F3N4O2S/c1-18(17(26)32,7-13(30)9-2-4-10(5-3-9)31-19(23,24)25)8-29-27-15-12(21)6-11(20)14(22)16(15)28-29/h2-6H,7-8H2,1H3,(H2,26,32). The Morgan fingerprint density at radius 3 is 2.28 bits per heavy atom. The molecule has 0 aliphatic carbocycles. The van der Waals surface area contributed by atoms with E-state index in [1.165, 1.54) is 23.0 Å². The van der Waals surface area contributed by atoms with E-state index in [9.17, 15) is 18.0 Å². The van der Waals surface area contributed by atoms with E-state index in [1.807, 2.05) is 0 Å². The van der Waals surface area contributed by atoms with Gasteiger partial charge in [0.25, 0.3) is 0 Å². The first-order valence-corrected chi connectivity index (χ1v) is 10.4. The highest BCUT2D eigenvalue weighted by atomic mass is 35.5. The number of ketones is 1. The van der Waals surface area contributed by atoms with Crippen molar-refractivity contribution in [2.24, 2.45) is 11.1 Å². The fraction of sp³-hybridized carbons (Fsp3) is 0.263. The van der Waals surface area contributed by atoms with Crippen molar-refractivity contribution in [3.63, 3.8) is 0 Å². The van der Waals surface area contributed by atoms with E-state index in [1.54, 1.807) is 6.92 Å². The summed E-state index contributed by atoms with van der Waals surface area (Å²) in [4.78, 5) is 14.1. The van der Waals surface area contributed by atoms with E-state index in [-0.39, 0.29) is 44.1 Å². The molecular weight excluding hydrogens is 512 g/mol. The first-order valence-electron chi connectivity index (χ1n) is 8.86. The largest absolute Gasteiger partial charge is 0.573 e. The summed E-state index contributed by atoms with van der Waals surface area (Å²) in [6.45, 7) is 1.67. The van der Waals surface area contributed by atoms with Gasteiger partial charge in [0.15, 0.2) is 5.78 Å². The molecule has 0 amide bonds. The number of aromatic nitrogens is 3. The molecule has 2 N–H and O–H groups in total. The Bertz CT molecular complexity index is 1200. The number of halogens is 6. The SMILES string of the molecule is CC(CC(=O)c1ccc(OC(F)(F)F)cc1)(Cn1nc2c(Cl)cc(Cl)c(Cl)c2n1)C(N)=S. The Morgan fingerprint density at radius 2 is 1.72 bits per heavy atom. The maximum atomic E-state index is 12.8. The Balaban J connectivity index is 1.83. The van der Waals surface area contributed by atoms with Gasteiger partial charge >= 0.3 is 6.36 Å². The topological polar surface area (TPSA) is 83.0 Å². The van der Waals surface area contributed by atoms with Crippen molar-refractivity contribution in [2.45, 2.75) is 26.3 Å². The summed E-state index contributed by atoms with van der Waals surface area (Å²) in [5.74, 6) is -0.833. The van der Waals surface area contributed by atoms with Crippen LogP contribution in [0, 0.1) is 5.41 Å². The van der Waals surface area contributed by atoms with Crippen molar-refractivity contribution in [2.75, 3.05) is 0 Å². The molecule has 6 nitrogen and oxygen atoms in total. The molecule has 1 atom stereocenters. The van der Waals surface area contributed by atoms with Gasteiger partial charge in [0.2, 0.25) is 0 Å². The average molecular weight is 526 g/mol. The van der Waals surface area contributed by atoms with Crippen LogP contribution < -0.4 is 10.5 Å². The summed E-state index contributed by atoms with van der Waals surface area (Å²) in [7, 11) is 0. The smallest absolute Gasteiger partial charge is 0.406 e. The number of rotatable bonds is 7. The van der Waals surface area contributed by atoms with E-state index in [0.717, 1.165) is 12.1 Å². The molecule has 0 aliphatic rings. The highest BCUT2D eigenvalue weighted by molar-refractivity contribution is 7.80. The molecule has 32 heavy (non-hydrogen) atoms. The van der Waals surface area contributed by atoms with Crippen molar-refractivity contribution in [3.05, 3.63) is 51.0 Å². The number of Topliss-reactive ketones (excluding diaryl/α,β-unsaturated/α-hetero) is 1. The molecule has 0 saturated heterocycles. The number of nitrogens with zero attached hydrogens (tertiary/aromatic N) is 3. The first-order chi connectivity index (χ1) is 14.8. The summed E-state index contributed by atoms with van der Waals surface area (Å²) >= 11 is 23.5. The lowest BCUT2D eigenvalue weighted by molar-refractivity contribution is -0.274. The van der Waals surface area contributed by atoms with E-state index in [0.29, 0.717) is 5.52 Å². The zero-order valence-electron chi connectivity index (χ0n) is 16.2. The normalized spacial score (nSPS) is 13.7. The minimum absolute atomic E-state index is 0.0162. The third-order valence-corrected chi connectivity index (χ3v) is 6.16. The fourth-order valence-corrected chi connectivity index (χ4v) is 3.72. The van der Waals surface area contributed by atoms with E-state index in [4.69, 9.17) is 52.8 Å². The van der Waals surface area contributed by atoms with Crippen molar-refractivity contribution in [3.8, 4) is 5.75 Å². The number of hydrogen-bond acceptors (Lipinski definition) is 5. The van der Waals surface area contributed by atoms with Crippen LogP contribution in [0.15, 0.2) is 30.3 Å². The molecule has 0 saturated carbocycles. The fourth-order valence-electron chi connectivity index (χ4n) is 2.92. The molecule has 0 spiro atoms. The van der Waals surface area contributed by atoms with Crippen LogP contribution in [-0.2, 0) is 6.54 Å². The Kier molecular flexibility index (Phi) is 6.90. The van der Waals surface area contributed by atoms with Gasteiger partial charge < -0.3 is 10.5 Å². The summed E-state index contributed by atoms with van der Waals surface area (Å²) in [5.41, 5.74) is 5.61. The molecular formula is C19H14Cl3F3N4O2S. The minimum atomic E-state index is -4.83. The lowest BCUT2D eigenvalue weighted by Gasteiger charge is -2.27. The number of alkyl halides is 3. The predicted octanol–water partition coefficient (Wildman–Crippen LogP) is 5.86. The van der Waals surface area contributed by atoms with Crippen LogP contribution in [0.4, 0.5) is 13.2 Å². The third-order valence-electron chi connectivity index (χ3n) is 4.60. The second-order valence-electron chi connectivity index (χ2n) is 7.18. The van der Waals surface area contributed by atoms with Crippen LogP contribution in [0.3, 0.4) is 0 Å². The number of carbonyl (C=O) groups excluding carboxylic acids is 1. The van der Waals surface area contributed by atoms with Crippen molar-refractivity contribution >= 4 is 68.8 Å². The quantitative estimate of drug-likeness (QED) is 0.236. The molecule has 0 radical (unpaired) electrons. The van der Waals surface area contributed by atoms with Gasteiger partial charge in [0.1, 0.15) is 16.8 Å². The van der Waals surface area contributed by atoms with Crippen molar-refractivity contribution in [1.82, 2.24) is 15.0 Å². The number of thiocarbonyl (C=S) groups is 1. The Labute approximate surface area is 200 Å². The summed E-state index contributed by atoms with van der Waals surface area (Å²) in [5, 5.41) is 9.20. The zero-order chi connectivity index (χ0) is 23.8. The molecule has 1 unspecified atom stereocenters. The minimum Gasteiger partial charge on any atom is -0.406 e. The summed E-state index contributed by atoms with van der Waals surface area (Å²) in [6, 6.07) is 5.99. The molecule has 0 fully saturated rings. The summed E-state index contributed by atoms with van der Waals surface area (Å²) < 4.78 is 40.7. The van der Waals surface area contributed by atoms with Crippen LogP contribution >= 0.6 is 47.0 Å². The van der Waals surface area contributed by atoms with Crippen LogP contribution in [0.5, 0.6) is 5.75 Å². The van der Waals surface area contributed by atoms with Gasteiger partial charge in [-0.15, -0.1) is 13.2 Å². The number of carbonyl (C=O) groups is 1. The lowest BCUT2D eigenvalue weighted by atomic mass is 9.83. The van der Waals surface area contributed by atoms with Gasteiger partial charge in [-0.2, -0.15) is 15.0 Å². The number of ether oxygens (including phenoxy) is 1. The molecule has 2 aromatic carbocycles. The lowest BCUT2D eigenvalue weighted by Crippen LogP contribution is -2.39. The van der Waals surface area contributed by atoms with Gasteiger partial charge in [-0.1, -0.05) is 53.9 Å². The molecule has 1 aromatic heterocycles. The first kappa shape index (κ1) is 24.5. The van der Waals surface area contributed by atoms with Gasteiger partial charge in [0.05, 0.1) is 26.6 Å². The molecule has 170 valence electrons. The number of hydrogen-bond donors (Lipinski definition) is 1. The van der Waals surface area contributed by atoms with E-state index in [2.05, 4.69) is 14.9 Å². The Morgan fingerprint density at radius 1 is 1.12 bits per heavy atom. The Hall–Kier alpha value is -2.14. The average Bonchev–Trinajstić information content (AvgIpc) is 3.09. The third kappa shape index (κ3) is 5.43. The van der Waals surface area contributed by atoms with E-state index >= 15 is 0 Å². The van der Waals surface area contributed by atoms with Crippen molar-refractivity contribution in [1.29, 1.82) is 0 Å². The zero-order valence-corrected chi connectivity index (χ0v) is 19.3. The molecule has 0 bridgehead atoms. The second kappa shape index (κ2) is 9.01. The van der Waals surface area contributed by atoms with Gasteiger partial charge in [0, 0.05) is 17.4 Å². The van der Waals surface area contributed by atoms with Crippen LogP contribution in [0.2, 0.25) is 15.1 Å². The van der Waals surface area contributed by atoms with Crippen molar-refractivity contribution < 1.29 is 22.7 Å². The molecule has 3 aromatic rings. The van der Waals surface area contributed by atoms with Gasteiger partial charge in [-0.05, 0) is 30.3 Å². The molecule has 0 aliphatic heterocycles. The highest BCUT2D eigenvalue weighted by Gasteiger charge is 2.34. The highest BCUT2D eigenvalue weighted by Crippen LogP contribution is 2.35. The molecule has 1 heterocycles. The summed E-state index contributed by atoms with van der Waals surface area (Å²) in [6.07, 6.45) is -4.98. The second-order valence-corrected chi connectivity index (χ2v) is 8.81. The van der Waals surface area contributed by atoms with Crippen LogP contribution in [0.25, 0.3) is 11.0 Å². The molecule has 13 heteroatoms. The van der Waals surface area contributed by atoms with Gasteiger partial charge in [-0.3, -0.25) is 4.79 Å². The maximum absolute atomic E-state index is 12.8. The van der Waals surface area contributed by atoms with Gasteiger partial charge in [-0.25, -0.2) is 0 Å². The molecule has 3 rings (SSSR count). The van der Waals surface area contributed by atoms with Crippen LogP contribution in [0.1, 0.15) is 23.7 Å². The predicted molar refractivity (Wildman–Crippen MR) is 120 cm³/mol. The monoisotopic (exact) mass is 524 g/mol. The maximum Gasteiger partial charge on any atom is 0.573 e. The number of benzene rings is 2.